The zero-order valence-electron chi connectivity index (χ0n) is 12.6. The van der Waals surface area contributed by atoms with E-state index >= 15 is 0 Å². The molecule has 0 bridgehead atoms. The number of carbonyl (C=O) groups excluding carboxylic acids is 1. The Hall–Kier alpha value is -1.35. The van der Waals surface area contributed by atoms with Crippen molar-refractivity contribution in [2.45, 2.75) is 51.1 Å². The number of carboxylic acids is 1. The van der Waals surface area contributed by atoms with Crippen molar-refractivity contribution in [3.63, 3.8) is 0 Å². The van der Waals surface area contributed by atoms with Gasteiger partial charge < -0.3 is 19.8 Å². The molecule has 1 fully saturated rings. The van der Waals surface area contributed by atoms with Crippen LogP contribution in [0.15, 0.2) is 0 Å². The Morgan fingerprint density at radius 2 is 1.86 bits per heavy atom. The Balaban J connectivity index is 3.12. The number of nitrogens with zero attached hydrogens (tertiary/aromatic N) is 1. The number of carbonyl (C=O) groups is 2. The Bertz CT molecular complexity index is 432. The van der Waals surface area contributed by atoms with Crippen molar-refractivity contribution >= 4 is 11.9 Å². The van der Waals surface area contributed by atoms with Crippen LogP contribution in [0.5, 0.6) is 0 Å². The fourth-order valence-electron chi connectivity index (χ4n) is 2.58. The van der Waals surface area contributed by atoms with Crippen molar-refractivity contribution < 1.29 is 37.7 Å². The molecule has 0 aromatic carbocycles. The standard InChI is InChI=1S/C13H20F3NO5/c1-12(2,3)22-8-4-5-17(11(21)13(14,15)16)9(8)7(6-18)10(19)20/h7-9,18H,4-6H2,1-3H3,(H,19,20)/t7-,8+,9-/m1/s1. The van der Waals surface area contributed by atoms with Crippen LogP contribution in [0.4, 0.5) is 13.2 Å². The Kier molecular flexibility index (Phi) is 5.45. The predicted octanol–water partition coefficient (Wildman–Crippen LogP) is 1.03. The van der Waals surface area contributed by atoms with Gasteiger partial charge in [-0.3, -0.25) is 9.59 Å². The van der Waals surface area contributed by atoms with Crippen LogP contribution in [0.1, 0.15) is 27.2 Å². The average molecular weight is 327 g/mol. The molecule has 1 amide bonds. The van der Waals surface area contributed by atoms with Crippen molar-refractivity contribution in [1.29, 1.82) is 0 Å². The summed E-state index contributed by atoms with van der Waals surface area (Å²) in [5.74, 6) is -5.13. The largest absolute Gasteiger partial charge is 0.481 e. The summed E-state index contributed by atoms with van der Waals surface area (Å²) in [5, 5.41) is 18.3. The molecular formula is C13H20F3NO5. The highest BCUT2D eigenvalue weighted by Crippen LogP contribution is 2.33. The first kappa shape index (κ1) is 18.7. The third-order valence-corrected chi connectivity index (χ3v) is 3.33. The van der Waals surface area contributed by atoms with Gasteiger partial charge in [0.1, 0.15) is 5.92 Å². The van der Waals surface area contributed by atoms with Crippen LogP contribution < -0.4 is 0 Å². The lowest BCUT2D eigenvalue weighted by Crippen LogP contribution is -2.53. The number of rotatable bonds is 4. The van der Waals surface area contributed by atoms with E-state index in [9.17, 15) is 27.9 Å². The van der Waals surface area contributed by atoms with E-state index in [1.54, 1.807) is 20.8 Å². The van der Waals surface area contributed by atoms with Crippen molar-refractivity contribution in [3.05, 3.63) is 0 Å². The molecule has 0 radical (unpaired) electrons. The van der Waals surface area contributed by atoms with Crippen LogP contribution in [-0.2, 0) is 14.3 Å². The van der Waals surface area contributed by atoms with Crippen molar-refractivity contribution in [2.24, 2.45) is 5.92 Å². The number of hydrogen-bond donors (Lipinski definition) is 2. The summed E-state index contributed by atoms with van der Waals surface area (Å²) in [6.07, 6.45) is -5.92. The molecule has 9 heteroatoms. The number of aliphatic hydroxyl groups is 1. The van der Waals surface area contributed by atoms with E-state index in [2.05, 4.69) is 0 Å². The maximum absolute atomic E-state index is 12.7. The zero-order chi connectivity index (χ0) is 17.3. The third-order valence-electron chi connectivity index (χ3n) is 3.33. The van der Waals surface area contributed by atoms with Crippen LogP contribution in [0.3, 0.4) is 0 Å². The second-order valence-corrected chi connectivity index (χ2v) is 6.17. The first-order valence-electron chi connectivity index (χ1n) is 6.77. The lowest BCUT2D eigenvalue weighted by molar-refractivity contribution is -0.190. The predicted molar refractivity (Wildman–Crippen MR) is 69.0 cm³/mol. The van der Waals surface area contributed by atoms with E-state index < -0.39 is 48.3 Å². The highest BCUT2D eigenvalue weighted by atomic mass is 19.4. The summed E-state index contributed by atoms with van der Waals surface area (Å²) in [4.78, 5) is 23.2. The minimum atomic E-state index is -5.10. The molecule has 1 saturated heterocycles. The van der Waals surface area contributed by atoms with E-state index in [0.29, 0.717) is 4.90 Å². The molecule has 0 aliphatic carbocycles. The highest BCUT2D eigenvalue weighted by molar-refractivity contribution is 5.83. The molecule has 1 rings (SSSR count). The van der Waals surface area contributed by atoms with E-state index in [1.165, 1.54) is 0 Å². The lowest BCUT2D eigenvalue weighted by Gasteiger charge is -2.35. The summed E-state index contributed by atoms with van der Waals surface area (Å²) < 4.78 is 43.6. The first-order chi connectivity index (χ1) is 9.88. The summed E-state index contributed by atoms with van der Waals surface area (Å²) in [5.41, 5.74) is -0.723. The molecule has 0 aromatic heterocycles. The van der Waals surface area contributed by atoms with Gasteiger partial charge >= 0.3 is 18.1 Å². The minimum Gasteiger partial charge on any atom is -0.481 e. The van der Waals surface area contributed by atoms with E-state index in [1.807, 2.05) is 0 Å². The Morgan fingerprint density at radius 1 is 1.32 bits per heavy atom. The Morgan fingerprint density at radius 3 is 2.23 bits per heavy atom. The third kappa shape index (κ3) is 4.33. The van der Waals surface area contributed by atoms with Crippen molar-refractivity contribution in [1.82, 2.24) is 4.90 Å². The second kappa shape index (κ2) is 6.41. The Labute approximate surface area is 125 Å². The number of ether oxygens (including phenoxy) is 1. The van der Waals surface area contributed by atoms with Gasteiger partial charge in [-0.1, -0.05) is 0 Å². The lowest BCUT2D eigenvalue weighted by atomic mass is 9.95. The van der Waals surface area contributed by atoms with E-state index in [4.69, 9.17) is 9.84 Å². The van der Waals surface area contributed by atoms with Gasteiger partial charge in [-0.15, -0.1) is 0 Å². The minimum absolute atomic E-state index is 0.0769. The molecule has 2 N–H and O–H groups in total. The molecule has 0 aromatic rings. The van der Waals surface area contributed by atoms with Crippen molar-refractivity contribution in [2.75, 3.05) is 13.2 Å². The van der Waals surface area contributed by atoms with Gasteiger partial charge in [0.05, 0.1) is 24.4 Å². The van der Waals surface area contributed by atoms with Crippen LogP contribution in [0, 0.1) is 5.92 Å². The van der Waals surface area contributed by atoms with Gasteiger partial charge in [-0.2, -0.15) is 13.2 Å². The monoisotopic (exact) mass is 327 g/mol. The number of amides is 1. The molecular weight excluding hydrogens is 307 g/mol. The number of aliphatic carboxylic acids is 1. The van der Waals surface area contributed by atoms with Gasteiger partial charge in [-0.05, 0) is 27.2 Å². The molecule has 0 spiro atoms. The summed E-state index contributed by atoms with van der Waals surface area (Å²) >= 11 is 0. The number of halogens is 3. The van der Waals surface area contributed by atoms with Crippen molar-refractivity contribution in [3.8, 4) is 0 Å². The van der Waals surface area contributed by atoms with Crippen LogP contribution in [0.25, 0.3) is 0 Å². The molecule has 1 heterocycles. The van der Waals surface area contributed by atoms with Gasteiger partial charge in [0.2, 0.25) is 0 Å². The fraction of sp³-hybridized carbons (Fsp3) is 0.846. The highest BCUT2D eigenvalue weighted by Gasteiger charge is 2.52. The molecule has 1 aliphatic rings. The molecule has 3 atom stereocenters. The normalized spacial score (nSPS) is 24.4. The average Bonchev–Trinajstić information content (AvgIpc) is 2.69. The SMILES string of the molecule is CC(C)(C)O[C@H]1CCN(C(=O)C(F)(F)F)[C@@H]1[C@@H](CO)C(=O)O. The number of hydrogen-bond acceptors (Lipinski definition) is 4. The van der Waals surface area contributed by atoms with Gasteiger partial charge in [0.25, 0.3) is 0 Å². The van der Waals surface area contributed by atoms with E-state index in [-0.39, 0.29) is 13.0 Å². The summed E-state index contributed by atoms with van der Waals surface area (Å²) in [6.45, 7) is 3.87. The van der Waals surface area contributed by atoms with Crippen LogP contribution >= 0.6 is 0 Å². The van der Waals surface area contributed by atoms with Gasteiger partial charge in [-0.25, -0.2) is 0 Å². The first-order valence-corrected chi connectivity index (χ1v) is 6.77. The zero-order valence-corrected chi connectivity index (χ0v) is 12.6. The summed E-state index contributed by atoms with van der Waals surface area (Å²) in [6, 6.07) is -1.36. The van der Waals surface area contributed by atoms with Crippen LogP contribution in [-0.4, -0.2) is 64.1 Å². The van der Waals surface area contributed by atoms with Gasteiger partial charge in [0.15, 0.2) is 0 Å². The second-order valence-electron chi connectivity index (χ2n) is 6.17. The maximum atomic E-state index is 12.7. The number of alkyl halides is 3. The quantitative estimate of drug-likeness (QED) is 0.805. The smallest absolute Gasteiger partial charge is 0.471 e. The fourth-order valence-corrected chi connectivity index (χ4v) is 2.58. The number of aliphatic hydroxyl groups excluding tert-OH is 1. The van der Waals surface area contributed by atoms with Crippen LogP contribution in [0.2, 0.25) is 0 Å². The number of carboxylic acid groups (broad SMARTS) is 1. The molecule has 128 valence electrons. The molecule has 0 saturated carbocycles. The topological polar surface area (TPSA) is 87.1 Å². The summed E-state index contributed by atoms with van der Waals surface area (Å²) in [7, 11) is 0. The molecule has 1 aliphatic heterocycles. The molecule has 0 unspecified atom stereocenters. The number of likely N-dealkylation sites (tertiary alicyclic amines) is 1. The molecule has 6 nitrogen and oxygen atoms in total. The maximum Gasteiger partial charge on any atom is 0.471 e. The molecule has 22 heavy (non-hydrogen) atoms. The van der Waals surface area contributed by atoms with Gasteiger partial charge in [0, 0.05) is 6.54 Å². The van der Waals surface area contributed by atoms with E-state index in [0.717, 1.165) is 0 Å².